The molecule has 0 heterocycles. The molecule has 0 unspecified atom stereocenters. The van der Waals surface area contributed by atoms with Gasteiger partial charge in [-0.05, 0) is 31.5 Å². The molecule has 0 saturated carbocycles. The lowest BCUT2D eigenvalue weighted by Gasteiger charge is -2.19. The number of benzene rings is 1. The molecule has 0 aliphatic heterocycles. The molecule has 0 aliphatic rings. The van der Waals surface area contributed by atoms with E-state index in [9.17, 15) is 9.90 Å². The number of hydrogen-bond acceptors (Lipinski definition) is 3. The molecular formula is C13H20N2O2. The number of nitrogens with zero attached hydrogens (tertiary/aromatic N) is 1. The van der Waals surface area contributed by atoms with E-state index in [1.807, 2.05) is 43.1 Å². The third kappa shape index (κ3) is 4.07. The first-order valence-corrected chi connectivity index (χ1v) is 5.80. The van der Waals surface area contributed by atoms with Crippen LogP contribution in [0.4, 0.5) is 5.69 Å². The summed E-state index contributed by atoms with van der Waals surface area (Å²) in [6.07, 6.45) is -0.460. The van der Waals surface area contributed by atoms with Gasteiger partial charge in [-0.25, -0.2) is 0 Å². The lowest BCUT2D eigenvalue weighted by Crippen LogP contribution is -2.34. The lowest BCUT2D eigenvalue weighted by molar-refractivity contribution is -0.119. The summed E-state index contributed by atoms with van der Waals surface area (Å²) in [5, 5.41) is 12.1. The highest BCUT2D eigenvalue weighted by atomic mass is 16.3. The molecule has 1 aromatic carbocycles. The normalized spacial score (nSPS) is 12.0. The van der Waals surface area contributed by atoms with Crippen LogP contribution in [0.1, 0.15) is 25.5 Å². The zero-order valence-corrected chi connectivity index (χ0v) is 10.6. The predicted molar refractivity (Wildman–Crippen MR) is 69.0 cm³/mol. The van der Waals surface area contributed by atoms with Crippen molar-refractivity contribution >= 4 is 11.6 Å². The number of aliphatic hydroxyl groups is 1. The quantitative estimate of drug-likeness (QED) is 0.810. The van der Waals surface area contributed by atoms with Gasteiger partial charge in [0.1, 0.15) is 0 Å². The largest absolute Gasteiger partial charge is 0.389 e. The Balaban J connectivity index is 2.63. The average Bonchev–Trinajstić information content (AvgIpc) is 2.29. The zero-order chi connectivity index (χ0) is 12.8. The van der Waals surface area contributed by atoms with Crippen molar-refractivity contribution in [1.82, 2.24) is 5.32 Å². The third-order valence-electron chi connectivity index (χ3n) is 2.57. The van der Waals surface area contributed by atoms with Gasteiger partial charge in [0.2, 0.25) is 5.91 Å². The summed E-state index contributed by atoms with van der Waals surface area (Å²) in [6, 6.07) is 7.55. The molecule has 0 fully saturated rings. The number of carbonyl (C=O) groups excluding carboxylic acids is 1. The Labute approximate surface area is 102 Å². The van der Waals surface area contributed by atoms with E-state index in [-0.39, 0.29) is 5.91 Å². The molecule has 0 aliphatic carbocycles. The number of nitrogens with one attached hydrogen (secondary N) is 1. The second kappa shape index (κ2) is 6.25. The van der Waals surface area contributed by atoms with Crippen molar-refractivity contribution in [2.45, 2.75) is 20.0 Å². The fourth-order valence-corrected chi connectivity index (χ4v) is 1.57. The molecule has 94 valence electrons. The fourth-order valence-electron chi connectivity index (χ4n) is 1.57. The number of anilines is 1. The first-order valence-electron chi connectivity index (χ1n) is 5.80. The Hall–Kier alpha value is -1.55. The Morgan fingerprint density at radius 2 is 2.00 bits per heavy atom. The summed E-state index contributed by atoms with van der Waals surface area (Å²) in [6.45, 7) is 4.61. The van der Waals surface area contributed by atoms with Gasteiger partial charge in [-0.1, -0.05) is 12.1 Å². The molecule has 0 radical (unpaired) electrons. The summed E-state index contributed by atoms with van der Waals surface area (Å²) in [5.74, 6) is 0.00889. The number of carbonyl (C=O) groups is 1. The Morgan fingerprint density at radius 1 is 1.41 bits per heavy atom. The second-order valence-corrected chi connectivity index (χ2v) is 4.08. The first kappa shape index (κ1) is 13.5. The van der Waals surface area contributed by atoms with E-state index in [1.54, 1.807) is 6.92 Å². The van der Waals surface area contributed by atoms with Crippen LogP contribution in [-0.4, -0.2) is 31.2 Å². The van der Waals surface area contributed by atoms with Crippen molar-refractivity contribution in [2.24, 2.45) is 0 Å². The molecule has 1 aromatic rings. The van der Waals surface area contributed by atoms with E-state index < -0.39 is 6.10 Å². The van der Waals surface area contributed by atoms with Gasteiger partial charge in [0.15, 0.2) is 0 Å². The second-order valence-electron chi connectivity index (χ2n) is 4.08. The first-order chi connectivity index (χ1) is 8.04. The highest BCUT2D eigenvalue weighted by Gasteiger charge is 2.07. The van der Waals surface area contributed by atoms with Crippen LogP contribution in [0, 0.1) is 0 Å². The number of aliphatic hydroxyl groups excluding tert-OH is 1. The average molecular weight is 236 g/mol. The topological polar surface area (TPSA) is 52.6 Å². The molecule has 1 amide bonds. The molecule has 4 nitrogen and oxygen atoms in total. The van der Waals surface area contributed by atoms with Crippen LogP contribution in [0.3, 0.4) is 0 Å². The van der Waals surface area contributed by atoms with Crippen LogP contribution in [0.25, 0.3) is 0 Å². The molecule has 0 saturated heterocycles. The molecule has 1 atom stereocenters. The Bertz CT molecular complexity index is 360. The van der Waals surface area contributed by atoms with Gasteiger partial charge in [0.25, 0.3) is 0 Å². The van der Waals surface area contributed by atoms with Crippen LogP contribution in [0.15, 0.2) is 24.3 Å². The van der Waals surface area contributed by atoms with Crippen molar-refractivity contribution < 1.29 is 9.90 Å². The molecule has 0 spiro atoms. The highest BCUT2D eigenvalue weighted by Crippen LogP contribution is 2.17. The van der Waals surface area contributed by atoms with Crippen LogP contribution >= 0.6 is 0 Å². The summed E-state index contributed by atoms with van der Waals surface area (Å²) in [5.41, 5.74) is 1.83. The van der Waals surface area contributed by atoms with Gasteiger partial charge >= 0.3 is 0 Å². The number of rotatable bonds is 5. The molecule has 17 heavy (non-hydrogen) atoms. The SMILES string of the molecule is CCNC(=O)CN(C)c1ccc([C@@H](C)O)cc1. The molecule has 1 rings (SSSR count). The maximum absolute atomic E-state index is 11.4. The van der Waals surface area contributed by atoms with Crippen molar-refractivity contribution in [3.63, 3.8) is 0 Å². The van der Waals surface area contributed by atoms with Crippen LogP contribution in [0.2, 0.25) is 0 Å². The van der Waals surface area contributed by atoms with Gasteiger partial charge < -0.3 is 15.3 Å². The van der Waals surface area contributed by atoms with Crippen LogP contribution in [0.5, 0.6) is 0 Å². The lowest BCUT2D eigenvalue weighted by atomic mass is 10.1. The van der Waals surface area contributed by atoms with E-state index in [1.165, 1.54) is 0 Å². The van der Waals surface area contributed by atoms with Crippen molar-refractivity contribution in [1.29, 1.82) is 0 Å². The summed E-state index contributed by atoms with van der Waals surface area (Å²) in [7, 11) is 1.87. The standard InChI is InChI=1S/C13H20N2O2/c1-4-14-13(17)9-15(3)12-7-5-11(6-8-12)10(2)16/h5-8,10,16H,4,9H2,1-3H3,(H,14,17)/t10-/m1/s1. The third-order valence-corrected chi connectivity index (χ3v) is 2.57. The minimum atomic E-state index is -0.460. The van der Waals surface area contributed by atoms with Gasteiger partial charge in [-0.15, -0.1) is 0 Å². The molecule has 0 aromatic heterocycles. The van der Waals surface area contributed by atoms with Gasteiger partial charge in [0.05, 0.1) is 12.6 Å². The zero-order valence-electron chi connectivity index (χ0n) is 10.6. The van der Waals surface area contributed by atoms with Gasteiger partial charge in [-0.2, -0.15) is 0 Å². The monoisotopic (exact) mass is 236 g/mol. The number of hydrogen-bond donors (Lipinski definition) is 2. The van der Waals surface area contributed by atoms with E-state index in [4.69, 9.17) is 0 Å². The van der Waals surface area contributed by atoms with E-state index in [0.29, 0.717) is 13.1 Å². The van der Waals surface area contributed by atoms with E-state index in [2.05, 4.69) is 5.32 Å². The van der Waals surface area contributed by atoms with E-state index >= 15 is 0 Å². The molecule has 2 N–H and O–H groups in total. The molecule has 0 bridgehead atoms. The maximum Gasteiger partial charge on any atom is 0.239 e. The predicted octanol–water partition coefficient (Wildman–Crippen LogP) is 1.31. The van der Waals surface area contributed by atoms with Crippen molar-refractivity contribution in [3.05, 3.63) is 29.8 Å². The number of amides is 1. The Morgan fingerprint density at radius 3 is 2.47 bits per heavy atom. The summed E-state index contributed by atoms with van der Waals surface area (Å²) in [4.78, 5) is 13.3. The minimum absolute atomic E-state index is 0.00889. The van der Waals surface area contributed by atoms with Gasteiger partial charge in [-0.3, -0.25) is 4.79 Å². The minimum Gasteiger partial charge on any atom is -0.389 e. The Kier molecular flexibility index (Phi) is 4.97. The summed E-state index contributed by atoms with van der Waals surface area (Å²) < 4.78 is 0. The summed E-state index contributed by atoms with van der Waals surface area (Å²) >= 11 is 0. The molecule has 4 heteroatoms. The van der Waals surface area contributed by atoms with Crippen LogP contribution < -0.4 is 10.2 Å². The van der Waals surface area contributed by atoms with Crippen molar-refractivity contribution in [2.75, 3.05) is 25.0 Å². The van der Waals surface area contributed by atoms with Gasteiger partial charge in [0, 0.05) is 19.3 Å². The fraction of sp³-hybridized carbons (Fsp3) is 0.462. The van der Waals surface area contributed by atoms with Crippen LogP contribution in [-0.2, 0) is 4.79 Å². The maximum atomic E-state index is 11.4. The van der Waals surface area contributed by atoms with E-state index in [0.717, 1.165) is 11.3 Å². The highest BCUT2D eigenvalue weighted by molar-refractivity contribution is 5.81. The number of likely N-dealkylation sites (N-methyl/N-ethyl adjacent to an activating group) is 2. The van der Waals surface area contributed by atoms with Crippen molar-refractivity contribution in [3.8, 4) is 0 Å². The smallest absolute Gasteiger partial charge is 0.239 e. The molecular weight excluding hydrogens is 216 g/mol.